The number of nitrogens with zero attached hydrogens (tertiary/aromatic N) is 1. The van der Waals surface area contributed by atoms with Crippen molar-refractivity contribution in [2.75, 3.05) is 41.6 Å². The third kappa shape index (κ3) is 5.67. The van der Waals surface area contributed by atoms with Crippen molar-refractivity contribution in [3.8, 4) is 23.0 Å². The summed E-state index contributed by atoms with van der Waals surface area (Å²) in [6.07, 6.45) is 0.368. The molecule has 1 aliphatic rings. The van der Waals surface area contributed by atoms with Crippen LogP contribution in [0.4, 0.5) is 4.79 Å². The molecular weight excluding hydrogens is 438 g/mol. The van der Waals surface area contributed by atoms with Crippen LogP contribution in [-0.4, -0.2) is 58.2 Å². The van der Waals surface area contributed by atoms with Crippen molar-refractivity contribution >= 4 is 6.09 Å². The molecule has 0 saturated heterocycles. The minimum absolute atomic E-state index is 0.219. The van der Waals surface area contributed by atoms with Crippen molar-refractivity contribution in [1.29, 1.82) is 0 Å². The van der Waals surface area contributed by atoms with Crippen LogP contribution in [0.3, 0.4) is 0 Å². The fraction of sp³-hybridized carbons (Fsp3) is 0.500. The van der Waals surface area contributed by atoms with Gasteiger partial charge in [-0.15, -0.1) is 0 Å². The fourth-order valence-corrected chi connectivity index (χ4v) is 4.09. The molecule has 8 nitrogen and oxygen atoms in total. The van der Waals surface area contributed by atoms with Gasteiger partial charge in [-0.25, -0.2) is 4.79 Å². The third-order valence-corrected chi connectivity index (χ3v) is 5.60. The molecule has 2 aromatic rings. The van der Waals surface area contributed by atoms with Crippen molar-refractivity contribution in [3.05, 3.63) is 47.0 Å². The lowest BCUT2D eigenvalue weighted by molar-refractivity contribution is 0.00323. The Balaban J connectivity index is 1.79. The molecule has 1 atom stereocenters. The van der Waals surface area contributed by atoms with Gasteiger partial charge in [0.15, 0.2) is 11.5 Å². The van der Waals surface area contributed by atoms with E-state index in [0.29, 0.717) is 43.4 Å². The quantitative estimate of drug-likeness (QED) is 0.547. The molecule has 0 aliphatic carbocycles. The topological polar surface area (TPSA) is 75.7 Å². The second-order valence-electron chi connectivity index (χ2n) is 9.04. The van der Waals surface area contributed by atoms with Crippen LogP contribution >= 0.6 is 0 Å². The predicted octanol–water partition coefficient (Wildman–Crippen LogP) is 4.77. The van der Waals surface area contributed by atoms with E-state index in [2.05, 4.69) is 0 Å². The lowest BCUT2D eigenvalue weighted by atomic mass is 9.93. The maximum Gasteiger partial charge on any atom is 0.410 e. The lowest BCUT2D eigenvalue weighted by Crippen LogP contribution is -2.44. The van der Waals surface area contributed by atoms with Crippen LogP contribution in [-0.2, 0) is 22.5 Å². The van der Waals surface area contributed by atoms with E-state index in [-0.39, 0.29) is 12.1 Å². The molecule has 0 bridgehead atoms. The second kappa shape index (κ2) is 10.9. The monoisotopic (exact) mass is 473 g/mol. The zero-order valence-corrected chi connectivity index (χ0v) is 21.1. The number of benzene rings is 2. The molecule has 0 unspecified atom stereocenters. The normalized spacial score (nSPS) is 15.4. The summed E-state index contributed by atoms with van der Waals surface area (Å²) < 4.78 is 33.5. The molecule has 1 aliphatic heterocycles. The van der Waals surface area contributed by atoms with Gasteiger partial charge in [0.1, 0.15) is 18.0 Å². The Labute approximate surface area is 201 Å². The largest absolute Gasteiger partial charge is 0.493 e. The Hall–Kier alpha value is -3.13. The van der Waals surface area contributed by atoms with E-state index in [1.54, 1.807) is 33.3 Å². The molecule has 3 rings (SSSR count). The van der Waals surface area contributed by atoms with E-state index in [1.165, 1.54) is 0 Å². The van der Waals surface area contributed by atoms with Crippen LogP contribution in [0.1, 0.15) is 43.5 Å². The molecule has 0 spiro atoms. The molecule has 0 saturated carbocycles. The molecule has 8 heteroatoms. The smallest absolute Gasteiger partial charge is 0.410 e. The van der Waals surface area contributed by atoms with Gasteiger partial charge < -0.3 is 28.4 Å². The summed E-state index contributed by atoms with van der Waals surface area (Å²) in [5, 5.41) is 0. The number of hydrogen-bond donors (Lipinski definition) is 0. The summed E-state index contributed by atoms with van der Waals surface area (Å²) in [5.41, 5.74) is 2.44. The molecule has 1 heterocycles. The molecule has 0 aromatic heterocycles. The highest BCUT2D eigenvalue weighted by molar-refractivity contribution is 5.69. The Morgan fingerprint density at radius 2 is 1.74 bits per heavy atom. The van der Waals surface area contributed by atoms with E-state index >= 15 is 0 Å². The molecule has 2 aromatic carbocycles. The van der Waals surface area contributed by atoms with Crippen molar-refractivity contribution < 1.29 is 33.2 Å². The van der Waals surface area contributed by atoms with Crippen LogP contribution in [0.5, 0.6) is 23.0 Å². The summed E-state index contributed by atoms with van der Waals surface area (Å²) in [7, 11) is 6.38. The van der Waals surface area contributed by atoms with Gasteiger partial charge in [0.25, 0.3) is 0 Å². The standard InChI is InChI=1S/C26H35NO7/c1-26(2,3)34-25(28)27-13-12-17-14-19(9-10-20(17)21(27)16-29-4)33-15-18-8-11-22(30-5)24(32-7)23(18)31-6/h8-11,14,21H,12-13,15-16H2,1-7H3/t21-/m0/s1. The SMILES string of the molecule is COC[C@H]1c2ccc(OCc3ccc(OC)c(OC)c3OC)cc2CCN1C(=O)OC(C)(C)C. The van der Waals surface area contributed by atoms with Gasteiger partial charge >= 0.3 is 6.09 Å². The van der Waals surface area contributed by atoms with Crippen molar-refractivity contribution in [2.45, 2.75) is 45.4 Å². The molecule has 0 radical (unpaired) electrons. The zero-order chi connectivity index (χ0) is 24.9. The third-order valence-electron chi connectivity index (χ3n) is 5.60. The van der Waals surface area contributed by atoms with Crippen LogP contribution in [0.15, 0.2) is 30.3 Å². The maximum atomic E-state index is 12.8. The van der Waals surface area contributed by atoms with Gasteiger partial charge in [-0.2, -0.15) is 0 Å². The Bertz CT molecular complexity index is 999. The number of rotatable bonds is 8. The Morgan fingerprint density at radius 3 is 2.35 bits per heavy atom. The van der Waals surface area contributed by atoms with Crippen molar-refractivity contribution in [1.82, 2.24) is 4.90 Å². The van der Waals surface area contributed by atoms with E-state index < -0.39 is 5.60 Å². The summed E-state index contributed by atoms with van der Waals surface area (Å²) in [6, 6.07) is 9.43. The first-order chi connectivity index (χ1) is 16.2. The number of methoxy groups -OCH3 is 4. The first-order valence-electron chi connectivity index (χ1n) is 11.2. The second-order valence-corrected chi connectivity index (χ2v) is 9.04. The summed E-state index contributed by atoms with van der Waals surface area (Å²) in [6.45, 7) is 6.83. The molecule has 1 amide bonds. The highest BCUT2D eigenvalue weighted by Crippen LogP contribution is 2.40. The lowest BCUT2D eigenvalue weighted by Gasteiger charge is -2.37. The highest BCUT2D eigenvalue weighted by atomic mass is 16.6. The summed E-state index contributed by atoms with van der Waals surface area (Å²) >= 11 is 0. The highest BCUT2D eigenvalue weighted by Gasteiger charge is 2.34. The van der Waals surface area contributed by atoms with Crippen LogP contribution in [0, 0.1) is 0 Å². The number of amides is 1. The number of carbonyl (C=O) groups excluding carboxylic acids is 1. The van der Waals surface area contributed by atoms with Crippen molar-refractivity contribution in [3.63, 3.8) is 0 Å². The van der Waals surface area contributed by atoms with Gasteiger partial charge in [-0.3, -0.25) is 4.90 Å². The molecule has 0 N–H and O–H groups in total. The predicted molar refractivity (Wildman–Crippen MR) is 128 cm³/mol. The van der Waals surface area contributed by atoms with Gasteiger partial charge in [0.05, 0.1) is 34.0 Å². The minimum atomic E-state index is -0.558. The van der Waals surface area contributed by atoms with Crippen LogP contribution in [0.2, 0.25) is 0 Å². The van der Waals surface area contributed by atoms with Crippen LogP contribution < -0.4 is 18.9 Å². The summed E-state index contributed by atoms with van der Waals surface area (Å²) in [4.78, 5) is 14.5. The van der Waals surface area contributed by atoms with Gasteiger partial charge in [-0.1, -0.05) is 6.07 Å². The summed E-state index contributed by atoms with van der Waals surface area (Å²) in [5.74, 6) is 2.43. The van der Waals surface area contributed by atoms with E-state index in [4.69, 9.17) is 28.4 Å². The molecule has 0 fully saturated rings. The van der Waals surface area contributed by atoms with Gasteiger partial charge in [-0.05, 0) is 62.6 Å². The fourth-order valence-electron chi connectivity index (χ4n) is 4.09. The van der Waals surface area contributed by atoms with Gasteiger partial charge in [0, 0.05) is 19.2 Å². The van der Waals surface area contributed by atoms with Crippen molar-refractivity contribution in [2.24, 2.45) is 0 Å². The number of ether oxygens (including phenoxy) is 6. The zero-order valence-electron chi connectivity index (χ0n) is 21.1. The first-order valence-corrected chi connectivity index (χ1v) is 11.2. The van der Waals surface area contributed by atoms with Crippen LogP contribution in [0.25, 0.3) is 0 Å². The average Bonchev–Trinajstić information content (AvgIpc) is 2.80. The Morgan fingerprint density at radius 1 is 1.00 bits per heavy atom. The average molecular weight is 474 g/mol. The number of hydrogen-bond acceptors (Lipinski definition) is 7. The van der Waals surface area contributed by atoms with Gasteiger partial charge in [0.2, 0.25) is 5.75 Å². The van der Waals surface area contributed by atoms with E-state index in [0.717, 1.165) is 22.4 Å². The maximum absolute atomic E-state index is 12.8. The number of fused-ring (bicyclic) bond motifs is 1. The Kier molecular flexibility index (Phi) is 8.15. The molecule has 186 valence electrons. The van der Waals surface area contributed by atoms with E-state index in [1.807, 2.05) is 51.1 Å². The molecular formula is C26H35NO7. The minimum Gasteiger partial charge on any atom is -0.493 e. The van der Waals surface area contributed by atoms with E-state index in [9.17, 15) is 4.79 Å². The first kappa shape index (κ1) is 25.5. The molecule has 34 heavy (non-hydrogen) atoms. The number of carbonyl (C=O) groups is 1.